The first kappa shape index (κ1) is 14.0. The zero-order valence-electron chi connectivity index (χ0n) is 11.0. The molecule has 0 saturated carbocycles. The fourth-order valence-corrected chi connectivity index (χ4v) is 2.42. The molecule has 0 aromatic carbocycles. The van der Waals surface area contributed by atoms with Crippen LogP contribution in [-0.2, 0) is 6.18 Å². The molecule has 21 heavy (non-hydrogen) atoms. The molecule has 3 rings (SSSR count). The Bertz CT molecular complexity index is 620. The van der Waals surface area contributed by atoms with Crippen LogP contribution in [0.25, 0.3) is 11.5 Å². The largest absolute Gasteiger partial charge is 0.471 e. The van der Waals surface area contributed by atoms with Gasteiger partial charge in [-0.05, 0) is 49.5 Å². The van der Waals surface area contributed by atoms with E-state index in [0.29, 0.717) is 11.6 Å². The normalized spacial score (nSPS) is 17.1. The van der Waals surface area contributed by atoms with E-state index in [1.165, 1.54) is 0 Å². The van der Waals surface area contributed by atoms with Crippen LogP contribution in [0.2, 0.25) is 0 Å². The second kappa shape index (κ2) is 5.44. The van der Waals surface area contributed by atoms with Gasteiger partial charge in [0.05, 0.1) is 0 Å². The number of nitrogens with one attached hydrogen (secondary N) is 1. The van der Waals surface area contributed by atoms with Crippen molar-refractivity contribution in [2.75, 3.05) is 13.1 Å². The molecule has 1 N–H and O–H groups in total. The Morgan fingerprint density at radius 3 is 2.67 bits per heavy atom. The van der Waals surface area contributed by atoms with Gasteiger partial charge in [-0.3, -0.25) is 4.98 Å². The molecule has 0 spiro atoms. The van der Waals surface area contributed by atoms with E-state index in [9.17, 15) is 13.2 Å². The van der Waals surface area contributed by atoms with Crippen molar-refractivity contribution < 1.29 is 17.7 Å². The molecule has 1 fully saturated rings. The van der Waals surface area contributed by atoms with Crippen LogP contribution in [0.15, 0.2) is 22.9 Å². The van der Waals surface area contributed by atoms with E-state index in [0.717, 1.165) is 31.5 Å². The maximum Gasteiger partial charge on any atom is 0.471 e. The van der Waals surface area contributed by atoms with Crippen LogP contribution in [0.5, 0.6) is 0 Å². The molecule has 3 heterocycles. The molecule has 0 unspecified atom stereocenters. The number of nitrogens with zero attached hydrogens (tertiary/aromatic N) is 3. The summed E-state index contributed by atoms with van der Waals surface area (Å²) >= 11 is 0. The number of aromatic nitrogens is 3. The van der Waals surface area contributed by atoms with Gasteiger partial charge in [0.15, 0.2) is 0 Å². The molecule has 1 saturated heterocycles. The van der Waals surface area contributed by atoms with Crippen LogP contribution in [0.1, 0.15) is 30.2 Å². The van der Waals surface area contributed by atoms with E-state index in [-0.39, 0.29) is 5.82 Å². The van der Waals surface area contributed by atoms with E-state index in [1.807, 2.05) is 6.07 Å². The maximum absolute atomic E-state index is 12.5. The Morgan fingerprint density at radius 2 is 2.00 bits per heavy atom. The minimum absolute atomic E-state index is 0.141. The van der Waals surface area contributed by atoms with Crippen molar-refractivity contribution >= 4 is 0 Å². The molecule has 0 aliphatic carbocycles. The second-order valence-electron chi connectivity index (χ2n) is 4.92. The summed E-state index contributed by atoms with van der Waals surface area (Å²) < 4.78 is 41.6. The number of pyridine rings is 1. The number of halogens is 3. The summed E-state index contributed by atoms with van der Waals surface area (Å²) in [6.07, 6.45) is -1.10. The van der Waals surface area contributed by atoms with Gasteiger partial charge in [0.2, 0.25) is 5.82 Å². The summed E-state index contributed by atoms with van der Waals surface area (Å²) in [7, 11) is 0. The Hall–Kier alpha value is -1.96. The lowest BCUT2D eigenvalue weighted by Gasteiger charge is -2.22. The van der Waals surface area contributed by atoms with Crippen LogP contribution in [0.3, 0.4) is 0 Å². The van der Waals surface area contributed by atoms with Crippen LogP contribution in [0, 0.1) is 0 Å². The van der Waals surface area contributed by atoms with Gasteiger partial charge in [-0.25, -0.2) is 0 Å². The third kappa shape index (κ3) is 3.05. The summed E-state index contributed by atoms with van der Waals surface area (Å²) in [4.78, 5) is 7.39. The van der Waals surface area contributed by atoms with Gasteiger partial charge in [0.25, 0.3) is 0 Å². The Balaban J connectivity index is 1.87. The number of alkyl halides is 3. The molecule has 5 nitrogen and oxygen atoms in total. The summed E-state index contributed by atoms with van der Waals surface area (Å²) in [6.45, 7) is 1.87. The number of hydrogen-bond acceptors (Lipinski definition) is 5. The van der Waals surface area contributed by atoms with Gasteiger partial charge in [-0.15, -0.1) is 0 Å². The number of hydrogen-bond donors (Lipinski definition) is 1. The van der Waals surface area contributed by atoms with Crippen molar-refractivity contribution in [2.45, 2.75) is 24.9 Å². The SMILES string of the molecule is FC(F)(F)c1nc(-c2cc(C3CCNCC3)ccn2)no1. The molecule has 2 aromatic heterocycles. The smallest absolute Gasteiger partial charge is 0.329 e. The lowest BCUT2D eigenvalue weighted by Crippen LogP contribution is -2.26. The zero-order valence-corrected chi connectivity index (χ0v) is 11.0. The van der Waals surface area contributed by atoms with E-state index in [1.54, 1.807) is 12.3 Å². The molecule has 0 bridgehead atoms. The Labute approximate surface area is 118 Å². The van der Waals surface area contributed by atoms with Gasteiger partial charge in [0.1, 0.15) is 5.69 Å². The number of rotatable bonds is 2. The molecular formula is C13H13F3N4O. The van der Waals surface area contributed by atoms with Crippen molar-refractivity contribution in [3.8, 4) is 11.5 Å². The molecule has 1 aliphatic rings. The first-order valence-corrected chi connectivity index (χ1v) is 6.62. The third-order valence-corrected chi connectivity index (χ3v) is 3.49. The first-order valence-electron chi connectivity index (χ1n) is 6.62. The summed E-state index contributed by atoms with van der Waals surface area (Å²) in [5.41, 5.74) is 1.34. The maximum atomic E-state index is 12.5. The molecule has 112 valence electrons. The quantitative estimate of drug-likeness (QED) is 0.923. The standard InChI is InChI=1S/C13H13F3N4O/c14-13(15,16)12-19-11(20-21-12)10-7-9(3-6-18-10)8-1-4-17-5-2-8/h3,6-8,17H,1-2,4-5H2. The summed E-state index contributed by atoms with van der Waals surface area (Å²) in [6, 6.07) is 3.62. The molecule has 0 radical (unpaired) electrons. The summed E-state index contributed by atoms with van der Waals surface area (Å²) in [5, 5.41) is 6.63. The van der Waals surface area contributed by atoms with Gasteiger partial charge in [-0.1, -0.05) is 5.16 Å². The zero-order chi connectivity index (χ0) is 14.9. The van der Waals surface area contributed by atoms with Crippen molar-refractivity contribution in [3.63, 3.8) is 0 Å². The Kier molecular flexibility index (Phi) is 3.62. The minimum atomic E-state index is -4.64. The van der Waals surface area contributed by atoms with Crippen molar-refractivity contribution in [1.82, 2.24) is 20.4 Å². The van der Waals surface area contributed by atoms with Crippen LogP contribution in [-0.4, -0.2) is 28.2 Å². The van der Waals surface area contributed by atoms with E-state index < -0.39 is 12.1 Å². The predicted octanol–water partition coefficient (Wildman–Crippen LogP) is 2.62. The molecule has 1 aliphatic heterocycles. The lowest BCUT2D eigenvalue weighted by molar-refractivity contribution is -0.159. The molecule has 2 aromatic rings. The van der Waals surface area contributed by atoms with Crippen LogP contribution in [0.4, 0.5) is 13.2 Å². The van der Waals surface area contributed by atoms with Crippen LogP contribution >= 0.6 is 0 Å². The third-order valence-electron chi connectivity index (χ3n) is 3.49. The topological polar surface area (TPSA) is 63.8 Å². The first-order chi connectivity index (χ1) is 10.0. The van der Waals surface area contributed by atoms with Gasteiger partial charge in [-0.2, -0.15) is 18.2 Å². The highest BCUT2D eigenvalue weighted by atomic mass is 19.4. The predicted molar refractivity (Wildman–Crippen MR) is 67.4 cm³/mol. The summed E-state index contributed by atoms with van der Waals surface area (Å²) in [5.74, 6) is -1.12. The fourth-order valence-electron chi connectivity index (χ4n) is 2.42. The van der Waals surface area contributed by atoms with E-state index in [4.69, 9.17) is 0 Å². The highest BCUT2D eigenvalue weighted by Gasteiger charge is 2.38. The van der Waals surface area contributed by atoms with Gasteiger partial charge >= 0.3 is 12.1 Å². The molecule has 8 heteroatoms. The van der Waals surface area contributed by atoms with E-state index >= 15 is 0 Å². The Morgan fingerprint density at radius 1 is 1.24 bits per heavy atom. The molecule has 0 amide bonds. The monoisotopic (exact) mass is 298 g/mol. The van der Waals surface area contributed by atoms with Crippen molar-refractivity contribution in [2.24, 2.45) is 0 Å². The number of piperidine rings is 1. The minimum Gasteiger partial charge on any atom is -0.329 e. The average molecular weight is 298 g/mol. The molecular weight excluding hydrogens is 285 g/mol. The van der Waals surface area contributed by atoms with Gasteiger partial charge in [0, 0.05) is 6.20 Å². The second-order valence-corrected chi connectivity index (χ2v) is 4.92. The van der Waals surface area contributed by atoms with Crippen molar-refractivity contribution in [3.05, 3.63) is 29.8 Å². The fraction of sp³-hybridized carbons (Fsp3) is 0.462. The highest BCUT2D eigenvalue weighted by Crippen LogP contribution is 2.30. The van der Waals surface area contributed by atoms with Crippen molar-refractivity contribution in [1.29, 1.82) is 0 Å². The van der Waals surface area contributed by atoms with Gasteiger partial charge < -0.3 is 9.84 Å². The average Bonchev–Trinajstić information content (AvgIpc) is 2.98. The van der Waals surface area contributed by atoms with Crippen LogP contribution < -0.4 is 5.32 Å². The highest BCUT2D eigenvalue weighted by molar-refractivity contribution is 5.49. The lowest BCUT2D eigenvalue weighted by atomic mass is 9.90. The molecule has 0 atom stereocenters. The van der Waals surface area contributed by atoms with E-state index in [2.05, 4.69) is 25.0 Å².